The lowest BCUT2D eigenvalue weighted by molar-refractivity contribution is 0.0848. The van der Waals surface area contributed by atoms with Crippen LogP contribution in [0.1, 0.15) is 55.6 Å². The van der Waals surface area contributed by atoms with Gasteiger partial charge in [0.1, 0.15) is 0 Å². The molecule has 1 aliphatic carbocycles. The van der Waals surface area contributed by atoms with Crippen molar-refractivity contribution in [1.29, 1.82) is 0 Å². The summed E-state index contributed by atoms with van der Waals surface area (Å²) in [5.74, 6) is 1.48. The van der Waals surface area contributed by atoms with Gasteiger partial charge in [0.05, 0.1) is 12.2 Å². The van der Waals surface area contributed by atoms with Crippen LogP contribution >= 0.6 is 0 Å². The number of ether oxygens (including phenoxy) is 1. The van der Waals surface area contributed by atoms with Crippen LogP contribution < -0.4 is 5.32 Å². The molecule has 2 bridgehead atoms. The van der Waals surface area contributed by atoms with Gasteiger partial charge in [-0.15, -0.1) is 0 Å². The summed E-state index contributed by atoms with van der Waals surface area (Å²) >= 11 is 0. The normalized spacial score (nSPS) is 35.7. The highest BCUT2D eigenvalue weighted by Crippen LogP contribution is 2.43. The monoisotopic (exact) mass is 285 g/mol. The molecule has 2 saturated heterocycles. The smallest absolute Gasteiger partial charge is 0.0623 e. The average molecular weight is 285 g/mol. The van der Waals surface area contributed by atoms with Crippen molar-refractivity contribution in [3.63, 3.8) is 0 Å². The van der Waals surface area contributed by atoms with Crippen LogP contribution in [0.4, 0.5) is 0 Å². The van der Waals surface area contributed by atoms with Gasteiger partial charge in [0.25, 0.3) is 0 Å². The average Bonchev–Trinajstić information content (AvgIpc) is 3.15. The highest BCUT2D eigenvalue weighted by atomic mass is 16.5. The molecule has 5 unspecified atom stereocenters. The maximum absolute atomic E-state index is 6.09. The lowest BCUT2D eigenvalue weighted by Crippen LogP contribution is -2.40. The molecule has 4 rings (SSSR count). The Labute approximate surface area is 128 Å². The highest BCUT2D eigenvalue weighted by molar-refractivity contribution is 5.32. The van der Waals surface area contributed by atoms with Gasteiger partial charge in [0, 0.05) is 12.0 Å². The largest absolute Gasteiger partial charge is 0.375 e. The van der Waals surface area contributed by atoms with Crippen LogP contribution in [-0.4, -0.2) is 25.3 Å². The number of benzene rings is 1. The summed E-state index contributed by atoms with van der Waals surface area (Å²) < 4.78 is 6.09. The first-order valence-corrected chi connectivity index (χ1v) is 8.75. The minimum atomic E-state index is 0.534. The fourth-order valence-corrected chi connectivity index (χ4v) is 5.01. The lowest BCUT2D eigenvalue weighted by atomic mass is 9.75. The van der Waals surface area contributed by atoms with Crippen molar-refractivity contribution in [2.24, 2.45) is 5.92 Å². The van der Waals surface area contributed by atoms with E-state index in [1.54, 1.807) is 11.1 Å². The molecule has 0 amide bonds. The van der Waals surface area contributed by atoms with Crippen molar-refractivity contribution in [2.45, 2.75) is 69.1 Å². The van der Waals surface area contributed by atoms with Crippen LogP contribution in [-0.2, 0) is 11.2 Å². The highest BCUT2D eigenvalue weighted by Gasteiger charge is 2.44. The van der Waals surface area contributed by atoms with E-state index in [9.17, 15) is 0 Å². The molecule has 0 spiro atoms. The lowest BCUT2D eigenvalue weighted by Gasteiger charge is -2.33. The third kappa shape index (κ3) is 2.53. The first kappa shape index (κ1) is 13.8. The van der Waals surface area contributed by atoms with Crippen molar-refractivity contribution < 1.29 is 4.74 Å². The molecule has 1 N–H and O–H groups in total. The minimum Gasteiger partial charge on any atom is -0.375 e. The third-order valence-electron chi connectivity index (χ3n) is 6.07. The van der Waals surface area contributed by atoms with Crippen LogP contribution in [0.2, 0.25) is 0 Å². The van der Waals surface area contributed by atoms with E-state index in [1.165, 1.54) is 44.9 Å². The second kappa shape index (κ2) is 5.73. The summed E-state index contributed by atoms with van der Waals surface area (Å²) in [4.78, 5) is 0. The van der Waals surface area contributed by atoms with Gasteiger partial charge in [0.2, 0.25) is 0 Å². The first-order chi connectivity index (χ1) is 10.3. The summed E-state index contributed by atoms with van der Waals surface area (Å²) in [5, 5.41) is 3.63. The van der Waals surface area contributed by atoms with E-state index in [1.807, 2.05) is 0 Å². The molecule has 0 saturated carbocycles. The Hall–Kier alpha value is -0.860. The topological polar surface area (TPSA) is 21.3 Å². The Bertz CT molecular complexity index is 500. The number of aryl methyl sites for hydroxylation is 1. The van der Waals surface area contributed by atoms with E-state index in [-0.39, 0.29) is 0 Å². The van der Waals surface area contributed by atoms with E-state index < -0.39 is 0 Å². The van der Waals surface area contributed by atoms with Gasteiger partial charge in [-0.25, -0.2) is 0 Å². The van der Waals surface area contributed by atoms with Gasteiger partial charge in [-0.05, 0) is 69.0 Å². The molecular weight excluding hydrogens is 258 g/mol. The number of nitrogens with one attached hydrogen (secondary N) is 1. The maximum atomic E-state index is 6.09. The van der Waals surface area contributed by atoms with E-state index in [0.717, 1.165) is 11.8 Å². The number of hydrogen-bond donors (Lipinski definition) is 1. The van der Waals surface area contributed by atoms with Gasteiger partial charge in [-0.1, -0.05) is 24.3 Å². The van der Waals surface area contributed by atoms with Crippen LogP contribution in [0.15, 0.2) is 24.3 Å². The Kier molecular flexibility index (Phi) is 3.76. The van der Waals surface area contributed by atoms with Gasteiger partial charge < -0.3 is 10.1 Å². The zero-order valence-corrected chi connectivity index (χ0v) is 13.1. The Balaban J connectivity index is 1.50. The molecule has 5 atom stereocenters. The summed E-state index contributed by atoms with van der Waals surface area (Å²) in [5.41, 5.74) is 3.21. The number of fused-ring (bicyclic) bond motifs is 3. The van der Waals surface area contributed by atoms with E-state index in [4.69, 9.17) is 4.74 Å². The molecule has 2 nitrogen and oxygen atoms in total. The van der Waals surface area contributed by atoms with Crippen LogP contribution in [0.3, 0.4) is 0 Å². The molecule has 2 aliphatic heterocycles. The van der Waals surface area contributed by atoms with Crippen molar-refractivity contribution in [3.05, 3.63) is 35.4 Å². The summed E-state index contributed by atoms with van der Waals surface area (Å²) in [6.45, 7) is 0. The zero-order valence-electron chi connectivity index (χ0n) is 13.1. The standard InChI is InChI=1S/C19H27NO/c1-20-18(17-12-15-9-10-19(17)21-15)11-14-7-4-6-13-5-2-3-8-16(13)14/h2-3,5,8,14-15,17-20H,4,6-7,9-12H2,1H3. The van der Waals surface area contributed by atoms with Crippen LogP contribution in [0.25, 0.3) is 0 Å². The van der Waals surface area contributed by atoms with Crippen molar-refractivity contribution in [2.75, 3.05) is 7.05 Å². The number of hydrogen-bond acceptors (Lipinski definition) is 2. The van der Waals surface area contributed by atoms with Crippen molar-refractivity contribution in [1.82, 2.24) is 5.32 Å². The Morgan fingerprint density at radius 3 is 2.90 bits per heavy atom. The van der Waals surface area contributed by atoms with Crippen molar-refractivity contribution in [3.8, 4) is 0 Å². The van der Waals surface area contributed by atoms with Crippen molar-refractivity contribution >= 4 is 0 Å². The van der Waals surface area contributed by atoms with E-state index >= 15 is 0 Å². The molecule has 114 valence electrons. The van der Waals surface area contributed by atoms with Gasteiger partial charge in [0.15, 0.2) is 0 Å². The second-order valence-corrected chi connectivity index (χ2v) is 7.19. The molecule has 1 aromatic carbocycles. The second-order valence-electron chi connectivity index (χ2n) is 7.19. The molecule has 0 radical (unpaired) electrons. The fourth-order valence-electron chi connectivity index (χ4n) is 5.01. The third-order valence-corrected chi connectivity index (χ3v) is 6.07. The minimum absolute atomic E-state index is 0.534. The Morgan fingerprint density at radius 2 is 2.14 bits per heavy atom. The van der Waals surface area contributed by atoms with E-state index in [2.05, 4.69) is 36.6 Å². The fraction of sp³-hybridized carbons (Fsp3) is 0.684. The summed E-state index contributed by atoms with van der Waals surface area (Å²) in [6, 6.07) is 9.73. The quantitative estimate of drug-likeness (QED) is 0.911. The Morgan fingerprint density at radius 1 is 1.24 bits per heavy atom. The molecule has 21 heavy (non-hydrogen) atoms. The predicted molar refractivity (Wildman–Crippen MR) is 85.6 cm³/mol. The van der Waals surface area contributed by atoms with Gasteiger partial charge in [-0.2, -0.15) is 0 Å². The number of rotatable bonds is 4. The first-order valence-electron chi connectivity index (χ1n) is 8.75. The predicted octanol–water partition coefficient (Wildman–Crippen LogP) is 3.65. The van der Waals surface area contributed by atoms with E-state index in [0.29, 0.717) is 18.2 Å². The SMILES string of the molecule is CNC(CC1CCCc2ccccc21)C1CC2CCC1O2. The molecule has 2 heteroatoms. The molecule has 3 aliphatic rings. The summed E-state index contributed by atoms with van der Waals surface area (Å²) in [6.07, 6.45) is 10.2. The zero-order chi connectivity index (χ0) is 14.2. The summed E-state index contributed by atoms with van der Waals surface area (Å²) in [7, 11) is 2.14. The van der Waals surface area contributed by atoms with Gasteiger partial charge in [-0.3, -0.25) is 0 Å². The van der Waals surface area contributed by atoms with Gasteiger partial charge >= 0.3 is 0 Å². The van der Waals surface area contributed by atoms with Crippen LogP contribution in [0.5, 0.6) is 0 Å². The molecule has 1 aromatic rings. The maximum Gasteiger partial charge on any atom is 0.0623 e. The molecule has 2 heterocycles. The molecular formula is C19H27NO. The van der Waals surface area contributed by atoms with Crippen LogP contribution in [0, 0.1) is 5.92 Å². The molecule has 2 fully saturated rings. The molecule has 0 aromatic heterocycles.